The Kier molecular flexibility index (Phi) is 5.37. The highest BCUT2D eigenvalue weighted by molar-refractivity contribution is 5.84. The number of hydrogen-bond donors (Lipinski definition) is 2. The molecular weight excluding hydrogens is 224 g/mol. The number of aliphatic carboxylic acids is 1. The van der Waals surface area contributed by atoms with E-state index >= 15 is 0 Å². The van der Waals surface area contributed by atoms with Crippen LogP contribution in [0.2, 0.25) is 0 Å². The van der Waals surface area contributed by atoms with E-state index < -0.39 is 12.1 Å². The first-order valence-electron chi connectivity index (χ1n) is 5.94. The highest BCUT2D eigenvalue weighted by Crippen LogP contribution is 2.20. The van der Waals surface area contributed by atoms with E-state index in [0.717, 1.165) is 12.8 Å². The number of nitrogens with two attached hydrogens (primary N) is 1. The van der Waals surface area contributed by atoms with Crippen molar-refractivity contribution in [1.82, 2.24) is 4.90 Å². The third-order valence-electron chi connectivity index (χ3n) is 2.78. The lowest BCUT2D eigenvalue weighted by molar-refractivity contribution is -0.150. The Balaban J connectivity index is 2.55. The maximum atomic E-state index is 12.0. The van der Waals surface area contributed by atoms with Crippen LogP contribution in [0.25, 0.3) is 0 Å². The molecule has 0 radical (unpaired) electrons. The second-order valence-corrected chi connectivity index (χ2v) is 4.21. The number of nitrogens with zero attached hydrogens (tertiary/aromatic N) is 1. The molecule has 6 heteroatoms. The largest absolute Gasteiger partial charge is 0.480 e. The van der Waals surface area contributed by atoms with Gasteiger partial charge in [0.25, 0.3) is 5.91 Å². The summed E-state index contributed by atoms with van der Waals surface area (Å²) < 4.78 is 5.47. The Morgan fingerprint density at radius 1 is 1.47 bits per heavy atom. The Morgan fingerprint density at radius 3 is 2.65 bits per heavy atom. The van der Waals surface area contributed by atoms with Gasteiger partial charge in [0.2, 0.25) is 0 Å². The molecular formula is C11H20N2O4. The van der Waals surface area contributed by atoms with E-state index in [9.17, 15) is 9.59 Å². The molecule has 0 aliphatic carbocycles. The van der Waals surface area contributed by atoms with Crippen LogP contribution < -0.4 is 5.73 Å². The van der Waals surface area contributed by atoms with Gasteiger partial charge in [0.1, 0.15) is 12.6 Å². The number of carbonyl (C=O) groups is 2. The van der Waals surface area contributed by atoms with Crippen LogP contribution in [-0.2, 0) is 14.3 Å². The maximum absolute atomic E-state index is 12.0. The summed E-state index contributed by atoms with van der Waals surface area (Å²) in [6.45, 7) is 2.48. The van der Waals surface area contributed by atoms with Gasteiger partial charge in [0.15, 0.2) is 0 Å². The van der Waals surface area contributed by atoms with E-state index in [1.54, 1.807) is 0 Å². The zero-order valence-corrected chi connectivity index (χ0v) is 10.1. The molecule has 1 aliphatic heterocycles. The number of carbonyl (C=O) groups excluding carboxylic acids is 1. The normalized spacial score (nSPS) is 23.6. The molecule has 0 bridgehead atoms. The van der Waals surface area contributed by atoms with Crippen LogP contribution in [0.3, 0.4) is 0 Å². The van der Waals surface area contributed by atoms with Crippen molar-refractivity contribution in [3.8, 4) is 0 Å². The Morgan fingerprint density at radius 2 is 2.18 bits per heavy atom. The topological polar surface area (TPSA) is 92.9 Å². The quantitative estimate of drug-likeness (QED) is 0.676. The number of carboxylic acid groups (broad SMARTS) is 1. The molecule has 0 aromatic rings. The van der Waals surface area contributed by atoms with E-state index in [2.05, 4.69) is 0 Å². The minimum absolute atomic E-state index is 0.0720. The fourth-order valence-electron chi connectivity index (χ4n) is 1.96. The molecule has 1 rings (SSSR count). The Bertz CT molecular complexity index is 283. The molecule has 6 nitrogen and oxygen atoms in total. The summed E-state index contributed by atoms with van der Waals surface area (Å²) in [4.78, 5) is 24.0. The molecule has 0 aromatic carbocycles. The first-order chi connectivity index (χ1) is 8.08. The maximum Gasteiger partial charge on any atom is 0.323 e. The van der Waals surface area contributed by atoms with E-state index in [1.807, 2.05) is 6.92 Å². The van der Waals surface area contributed by atoms with Crippen LogP contribution in [0, 0.1) is 0 Å². The fraction of sp³-hybridized carbons (Fsp3) is 0.818. The summed E-state index contributed by atoms with van der Waals surface area (Å²) in [6, 6.07) is 0. The Labute approximate surface area is 101 Å². The molecule has 1 heterocycles. The summed E-state index contributed by atoms with van der Waals surface area (Å²) in [6.07, 6.45) is 1.53. The average molecular weight is 244 g/mol. The molecule has 17 heavy (non-hydrogen) atoms. The van der Waals surface area contributed by atoms with Crippen molar-refractivity contribution in [1.29, 1.82) is 0 Å². The molecule has 2 atom stereocenters. The van der Waals surface area contributed by atoms with Gasteiger partial charge < -0.3 is 20.5 Å². The number of amides is 1. The molecule has 1 aliphatic rings. The van der Waals surface area contributed by atoms with Gasteiger partial charge >= 0.3 is 5.97 Å². The third-order valence-corrected chi connectivity index (χ3v) is 2.78. The summed E-state index contributed by atoms with van der Waals surface area (Å²) >= 11 is 0. The predicted molar refractivity (Wildman–Crippen MR) is 61.5 cm³/mol. The number of hydrogen-bond acceptors (Lipinski definition) is 4. The van der Waals surface area contributed by atoms with Crippen LogP contribution in [0.1, 0.15) is 26.2 Å². The lowest BCUT2D eigenvalue weighted by Gasteiger charge is -2.23. The van der Waals surface area contributed by atoms with Gasteiger partial charge in [0, 0.05) is 13.1 Å². The van der Waals surface area contributed by atoms with E-state index in [0.29, 0.717) is 19.5 Å². The molecule has 1 fully saturated rings. The van der Waals surface area contributed by atoms with Crippen molar-refractivity contribution in [2.75, 3.05) is 19.6 Å². The molecule has 1 saturated heterocycles. The molecule has 0 aromatic heterocycles. The van der Waals surface area contributed by atoms with Crippen LogP contribution in [0.4, 0.5) is 0 Å². The highest BCUT2D eigenvalue weighted by Gasteiger charge is 2.33. The van der Waals surface area contributed by atoms with Gasteiger partial charge in [-0.1, -0.05) is 6.92 Å². The minimum Gasteiger partial charge on any atom is -0.480 e. The van der Waals surface area contributed by atoms with Gasteiger partial charge in [-0.25, -0.2) is 0 Å². The number of carboxylic acids is 1. The van der Waals surface area contributed by atoms with E-state index in [-0.39, 0.29) is 18.6 Å². The van der Waals surface area contributed by atoms with E-state index in [4.69, 9.17) is 15.6 Å². The van der Waals surface area contributed by atoms with Gasteiger partial charge in [-0.2, -0.15) is 0 Å². The minimum atomic E-state index is -1.000. The average Bonchev–Trinajstić information content (AvgIpc) is 2.75. The van der Waals surface area contributed by atoms with Crippen molar-refractivity contribution >= 4 is 11.9 Å². The SMILES string of the molecule is CCCN(CC(=O)O)C(=O)C1CCC(CN)O1. The third kappa shape index (κ3) is 3.98. The van der Waals surface area contributed by atoms with Gasteiger partial charge in [-0.15, -0.1) is 0 Å². The van der Waals surface area contributed by atoms with Crippen molar-refractivity contribution in [2.45, 2.75) is 38.4 Å². The second kappa shape index (κ2) is 6.56. The zero-order chi connectivity index (χ0) is 12.8. The molecule has 0 spiro atoms. The van der Waals surface area contributed by atoms with Crippen molar-refractivity contribution in [2.24, 2.45) is 5.73 Å². The fourth-order valence-corrected chi connectivity index (χ4v) is 1.96. The van der Waals surface area contributed by atoms with Crippen molar-refractivity contribution in [3.63, 3.8) is 0 Å². The summed E-state index contributed by atoms with van der Waals surface area (Å²) in [5, 5.41) is 8.75. The molecule has 1 amide bonds. The zero-order valence-electron chi connectivity index (χ0n) is 10.1. The van der Waals surface area contributed by atoms with Crippen molar-refractivity contribution in [3.05, 3.63) is 0 Å². The number of rotatable bonds is 6. The first-order valence-corrected chi connectivity index (χ1v) is 5.94. The summed E-state index contributed by atoms with van der Waals surface area (Å²) in [5.74, 6) is -1.23. The number of ether oxygens (including phenoxy) is 1. The lowest BCUT2D eigenvalue weighted by atomic mass is 10.1. The molecule has 0 saturated carbocycles. The van der Waals surface area contributed by atoms with E-state index in [1.165, 1.54) is 4.90 Å². The lowest BCUT2D eigenvalue weighted by Crippen LogP contribution is -2.42. The van der Waals surface area contributed by atoms with Crippen LogP contribution in [-0.4, -0.2) is 53.7 Å². The van der Waals surface area contributed by atoms with Crippen LogP contribution in [0.5, 0.6) is 0 Å². The highest BCUT2D eigenvalue weighted by atomic mass is 16.5. The molecule has 98 valence electrons. The van der Waals surface area contributed by atoms with Crippen LogP contribution in [0.15, 0.2) is 0 Å². The second-order valence-electron chi connectivity index (χ2n) is 4.21. The van der Waals surface area contributed by atoms with Gasteiger partial charge in [-0.3, -0.25) is 9.59 Å². The van der Waals surface area contributed by atoms with Crippen LogP contribution >= 0.6 is 0 Å². The molecule has 2 unspecified atom stereocenters. The van der Waals surface area contributed by atoms with Gasteiger partial charge in [0.05, 0.1) is 6.10 Å². The standard InChI is InChI=1S/C11H20N2O4/c1-2-5-13(7-10(14)15)11(16)9-4-3-8(6-12)17-9/h8-9H,2-7,12H2,1H3,(H,14,15). The summed E-state index contributed by atoms with van der Waals surface area (Å²) in [5.41, 5.74) is 5.47. The predicted octanol–water partition coefficient (Wildman–Crippen LogP) is -0.184. The summed E-state index contributed by atoms with van der Waals surface area (Å²) in [7, 11) is 0. The van der Waals surface area contributed by atoms with Gasteiger partial charge in [-0.05, 0) is 19.3 Å². The first kappa shape index (κ1) is 13.9. The smallest absolute Gasteiger partial charge is 0.323 e. The monoisotopic (exact) mass is 244 g/mol. The van der Waals surface area contributed by atoms with Crippen molar-refractivity contribution < 1.29 is 19.4 Å². The molecule has 3 N–H and O–H groups in total. The Hall–Kier alpha value is -1.14.